The first-order valence-corrected chi connectivity index (χ1v) is 10.4. The minimum Gasteiger partial charge on any atom is -0.481 e. The second kappa shape index (κ2) is 8.26. The molecule has 2 aromatic carbocycles. The molecule has 0 amide bonds. The summed E-state index contributed by atoms with van der Waals surface area (Å²) in [5.41, 5.74) is -1.10. The standard InChI is InChI=1S/C23H16F3N3O3S/c1-4-9-32-17-7-5-14(10-13(17)2)21-16-11-15(6-8-18(16)33-27-21)29-20(30)12-19(23(24,25)26)28(3)22(29)31/h1,5-8,10-12H,9H2,2-3H3. The second-order valence-electron chi connectivity index (χ2n) is 7.23. The van der Waals surface area contributed by atoms with Crippen LogP contribution in [0.4, 0.5) is 13.2 Å². The number of halogens is 3. The lowest BCUT2D eigenvalue weighted by molar-refractivity contribution is -0.144. The molecular formula is C23H16F3N3O3S. The Bertz CT molecular complexity index is 1540. The Morgan fingerprint density at radius 1 is 1.15 bits per heavy atom. The van der Waals surface area contributed by atoms with Gasteiger partial charge in [0.1, 0.15) is 18.1 Å². The zero-order valence-corrected chi connectivity index (χ0v) is 18.3. The Morgan fingerprint density at radius 2 is 1.91 bits per heavy atom. The van der Waals surface area contributed by atoms with Crippen LogP contribution in [0.2, 0.25) is 0 Å². The van der Waals surface area contributed by atoms with Gasteiger partial charge in [0.25, 0.3) is 5.56 Å². The van der Waals surface area contributed by atoms with Gasteiger partial charge in [-0.2, -0.15) is 17.5 Å². The van der Waals surface area contributed by atoms with Crippen molar-refractivity contribution in [3.63, 3.8) is 0 Å². The predicted molar refractivity (Wildman–Crippen MR) is 120 cm³/mol. The number of nitrogens with zero attached hydrogens (tertiary/aromatic N) is 3. The molecule has 6 nitrogen and oxygen atoms in total. The predicted octanol–water partition coefficient (Wildman–Crippen LogP) is 4.15. The topological polar surface area (TPSA) is 66.1 Å². The molecule has 0 saturated heterocycles. The summed E-state index contributed by atoms with van der Waals surface area (Å²) in [6.45, 7) is 2.00. The number of rotatable bonds is 4. The zero-order valence-electron chi connectivity index (χ0n) is 17.4. The molecule has 2 heterocycles. The monoisotopic (exact) mass is 471 g/mol. The maximum absolute atomic E-state index is 13.1. The van der Waals surface area contributed by atoms with Gasteiger partial charge in [0.05, 0.1) is 16.1 Å². The van der Waals surface area contributed by atoms with Crippen molar-refractivity contribution in [1.82, 2.24) is 13.5 Å². The van der Waals surface area contributed by atoms with Gasteiger partial charge in [0.2, 0.25) is 0 Å². The summed E-state index contributed by atoms with van der Waals surface area (Å²) in [5, 5.41) is 0.656. The highest BCUT2D eigenvalue weighted by molar-refractivity contribution is 7.13. The molecule has 0 saturated carbocycles. The number of terminal acetylenes is 1. The third kappa shape index (κ3) is 4.03. The normalized spacial score (nSPS) is 11.5. The highest BCUT2D eigenvalue weighted by atomic mass is 32.1. The van der Waals surface area contributed by atoms with Gasteiger partial charge in [0, 0.05) is 24.1 Å². The summed E-state index contributed by atoms with van der Waals surface area (Å²) in [7, 11) is 0.976. The third-order valence-electron chi connectivity index (χ3n) is 5.08. The fourth-order valence-corrected chi connectivity index (χ4v) is 4.26. The average molecular weight is 471 g/mol. The first-order valence-electron chi connectivity index (χ1n) is 9.59. The SMILES string of the molecule is C#CCOc1ccc(-c2nsc3ccc(-n4c(=O)cc(C(F)(F)F)n(C)c4=O)cc23)cc1C. The van der Waals surface area contributed by atoms with E-state index in [-0.39, 0.29) is 12.3 Å². The maximum Gasteiger partial charge on any atom is 0.431 e. The van der Waals surface area contributed by atoms with Gasteiger partial charge in [0.15, 0.2) is 0 Å². The van der Waals surface area contributed by atoms with E-state index >= 15 is 0 Å². The fraction of sp³-hybridized carbons (Fsp3) is 0.174. The molecule has 33 heavy (non-hydrogen) atoms. The largest absolute Gasteiger partial charge is 0.481 e. The minimum atomic E-state index is -4.82. The summed E-state index contributed by atoms with van der Waals surface area (Å²) in [5.74, 6) is 3.04. The van der Waals surface area contributed by atoms with Crippen molar-refractivity contribution in [3.8, 4) is 35.0 Å². The number of hydrogen-bond donors (Lipinski definition) is 0. The number of ether oxygens (including phenoxy) is 1. The van der Waals surface area contributed by atoms with Crippen LogP contribution in [-0.4, -0.2) is 20.1 Å². The second-order valence-corrected chi connectivity index (χ2v) is 8.03. The van der Waals surface area contributed by atoms with Crippen LogP contribution >= 0.6 is 11.5 Å². The first-order chi connectivity index (χ1) is 15.6. The quantitative estimate of drug-likeness (QED) is 0.420. The number of alkyl halides is 3. The molecule has 0 radical (unpaired) electrons. The van der Waals surface area contributed by atoms with Gasteiger partial charge >= 0.3 is 11.9 Å². The molecule has 0 aliphatic carbocycles. The van der Waals surface area contributed by atoms with E-state index in [0.717, 1.165) is 22.9 Å². The summed E-state index contributed by atoms with van der Waals surface area (Å²) in [4.78, 5) is 25.1. The van der Waals surface area contributed by atoms with Crippen LogP contribution in [0.25, 0.3) is 27.0 Å². The molecule has 168 valence electrons. The van der Waals surface area contributed by atoms with E-state index in [1.54, 1.807) is 18.2 Å². The number of fused-ring (bicyclic) bond motifs is 1. The molecular weight excluding hydrogens is 455 g/mol. The van der Waals surface area contributed by atoms with E-state index in [2.05, 4.69) is 10.3 Å². The van der Waals surface area contributed by atoms with E-state index in [1.807, 2.05) is 19.1 Å². The van der Waals surface area contributed by atoms with Crippen molar-refractivity contribution in [2.75, 3.05) is 6.61 Å². The van der Waals surface area contributed by atoms with Crippen LogP contribution in [0.1, 0.15) is 11.3 Å². The lowest BCUT2D eigenvalue weighted by atomic mass is 10.0. The molecule has 4 aromatic rings. The molecule has 4 rings (SSSR count). The zero-order chi connectivity index (χ0) is 23.9. The van der Waals surface area contributed by atoms with Crippen LogP contribution in [0.5, 0.6) is 5.75 Å². The lowest BCUT2D eigenvalue weighted by Crippen LogP contribution is -2.40. The molecule has 0 bridgehead atoms. The van der Waals surface area contributed by atoms with Gasteiger partial charge in [-0.3, -0.25) is 9.36 Å². The van der Waals surface area contributed by atoms with E-state index in [1.165, 1.54) is 17.6 Å². The molecule has 0 fully saturated rings. The van der Waals surface area contributed by atoms with E-state index < -0.39 is 23.1 Å². The maximum atomic E-state index is 13.1. The van der Waals surface area contributed by atoms with Crippen LogP contribution in [0.3, 0.4) is 0 Å². The van der Waals surface area contributed by atoms with Gasteiger partial charge < -0.3 is 4.74 Å². The molecule has 0 aliphatic heterocycles. The Morgan fingerprint density at radius 3 is 2.58 bits per heavy atom. The number of aromatic nitrogens is 3. The van der Waals surface area contributed by atoms with E-state index in [0.29, 0.717) is 32.0 Å². The van der Waals surface area contributed by atoms with Gasteiger partial charge in [-0.05, 0) is 60.4 Å². The number of aryl methyl sites for hydroxylation is 1. The smallest absolute Gasteiger partial charge is 0.431 e. The fourth-order valence-electron chi connectivity index (χ4n) is 3.49. The molecule has 2 aromatic heterocycles. The van der Waals surface area contributed by atoms with Gasteiger partial charge in [-0.25, -0.2) is 9.36 Å². The van der Waals surface area contributed by atoms with Crippen LogP contribution < -0.4 is 16.0 Å². The van der Waals surface area contributed by atoms with Crippen molar-refractivity contribution >= 4 is 21.6 Å². The number of hydrogen-bond acceptors (Lipinski definition) is 5. The summed E-state index contributed by atoms with van der Waals surface area (Å²) >= 11 is 1.23. The third-order valence-corrected chi connectivity index (χ3v) is 5.91. The van der Waals surface area contributed by atoms with Crippen molar-refractivity contribution in [1.29, 1.82) is 0 Å². The molecule has 0 atom stereocenters. The highest BCUT2D eigenvalue weighted by Crippen LogP contribution is 2.34. The Kier molecular flexibility index (Phi) is 5.59. The highest BCUT2D eigenvalue weighted by Gasteiger charge is 2.35. The van der Waals surface area contributed by atoms with Crippen LogP contribution in [0.15, 0.2) is 52.1 Å². The number of benzene rings is 2. The van der Waals surface area contributed by atoms with Gasteiger partial charge in [-0.1, -0.05) is 5.92 Å². The Labute approximate surface area is 189 Å². The average Bonchev–Trinajstić information content (AvgIpc) is 3.18. The van der Waals surface area contributed by atoms with Crippen molar-refractivity contribution < 1.29 is 17.9 Å². The van der Waals surface area contributed by atoms with Crippen molar-refractivity contribution in [2.45, 2.75) is 13.1 Å². The molecule has 0 N–H and O–H groups in total. The molecule has 0 aliphatic rings. The Balaban J connectivity index is 1.85. The summed E-state index contributed by atoms with van der Waals surface area (Å²) in [6.07, 6.45) is 0.406. The van der Waals surface area contributed by atoms with E-state index in [9.17, 15) is 22.8 Å². The first kappa shape index (κ1) is 22.4. The minimum absolute atomic E-state index is 0.139. The van der Waals surface area contributed by atoms with Crippen LogP contribution in [0, 0.1) is 19.3 Å². The summed E-state index contributed by atoms with van der Waals surface area (Å²) in [6, 6.07) is 10.6. The Hall–Kier alpha value is -3.84. The molecule has 0 spiro atoms. The molecule has 10 heteroatoms. The van der Waals surface area contributed by atoms with Gasteiger partial charge in [-0.15, -0.1) is 6.42 Å². The van der Waals surface area contributed by atoms with E-state index in [4.69, 9.17) is 11.2 Å². The van der Waals surface area contributed by atoms with Crippen molar-refractivity contribution in [3.05, 3.63) is 74.6 Å². The van der Waals surface area contributed by atoms with Crippen LogP contribution in [-0.2, 0) is 13.2 Å². The van der Waals surface area contributed by atoms with Crippen molar-refractivity contribution in [2.24, 2.45) is 7.05 Å². The lowest BCUT2D eigenvalue weighted by Gasteiger charge is -2.14. The molecule has 0 unspecified atom stereocenters. The summed E-state index contributed by atoms with van der Waals surface area (Å²) < 4.78 is 51.3.